The number of aromatic amines is 1. The number of H-pyrrole nitrogens is 1. The average Bonchev–Trinajstić information content (AvgIpc) is 3.25. The number of hydrogen-bond donors (Lipinski definition) is 1. The molecule has 1 aliphatic heterocycles. The van der Waals surface area contributed by atoms with Gasteiger partial charge >= 0.3 is 0 Å². The summed E-state index contributed by atoms with van der Waals surface area (Å²) in [5.74, 6) is 0.285. The van der Waals surface area contributed by atoms with Crippen LogP contribution in [0.25, 0.3) is 11.5 Å². The fourth-order valence-electron chi connectivity index (χ4n) is 3.54. The first kappa shape index (κ1) is 19.8. The number of carbonyl (C=O) groups is 1. The third-order valence-corrected chi connectivity index (χ3v) is 5.06. The summed E-state index contributed by atoms with van der Waals surface area (Å²) in [7, 11) is 0. The minimum Gasteiger partial charge on any atom is -0.481 e. The number of nitrogens with zero attached hydrogens (tertiary/aromatic N) is 3. The van der Waals surface area contributed by atoms with Gasteiger partial charge in [-0.05, 0) is 49.7 Å². The van der Waals surface area contributed by atoms with Crippen LogP contribution >= 0.6 is 0 Å². The van der Waals surface area contributed by atoms with E-state index in [1.807, 2.05) is 6.07 Å². The minimum atomic E-state index is -0.703. The lowest BCUT2D eigenvalue weighted by Gasteiger charge is -2.22. The van der Waals surface area contributed by atoms with Crippen molar-refractivity contribution >= 4 is 5.91 Å². The first-order chi connectivity index (χ1) is 14.5. The second-order valence-electron chi connectivity index (χ2n) is 7.22. The lowest BCUT2D eigenvalue weighted by Crippen LogP contribution is -2.39. The third kappa shape index (κ3) is 4.37. The van der Waals surface area contributed by atoms with Gasteiger partial charge in [-0.1, -0.05) is 6.07 Å². The SMILES string of the molecule is CC(Oc1ccc(F)cc1)C(=O)N1CCC(c2cc(=O)[nH]c(-c3ccccn3)n2)C1. The first-order valence-electron chi connectivity index (χ1n) is 9.73. The molecule has 1 saturated heterocycles. The van der Waals surface area contributed by atoms with Crippen molar-refractivity contribution < 1.29 is 13.9 Å². The van der Waals surface area contributed by atoms with Gasteiger partial charge in [0.1, 0.15) is 17.3 Å². The van der Waals surface area contributed by atoms with Crippen LogP contribution in [0.1, 0.15) is 25.0 Å². The van der Waals surface area contributed by atoms with Crippen molar-refractivity contribution in [2.75, 3.05) is 13.1 Å². The molecule has 1 fully saturated rings. The standard InChI is InChI=1S/C22H21FN4O3/c1-14(30-17-7-5-16(23)6-8-17)22(29)27-11-9-15(13-27)19-12-20(28)26-21(25-19)18-4-2-3-10-24-18/h2-8,10,12,14-15H,9,11,13H2,1H3,(H,25,26,28). The number of ether oxygens (including phenoxy) is 1. The molecule has 1 amide bonds. The molecule has 0 radical (unpaired) electrons. The predicted molar refractivity (Wildman–Crippen MR) is 109 cm³/mol. The number of carbonyl (C=O) groups excluding carboxylic acids is 1. The Labute approximate surface area is 172 Å². The maximum atomic E-state index is 13.0. The van der Waals surface area contributed by atoms with Gasteiger partial charge in [-0.25, -0.2) is 9.37 Å². The summed E-state index contributed by atoms with van der Waals surface area (Å²) in [6.07, 6.45) is 1.64. The summed E-state index contributed by atoms with van der Waals surface area (Å²) >= 11 is 0. The van der Waals surface area contributed by atoms with Crippen molar-refractivity contribution in [2.24, 2.45) is 0 Å². The minimum absolute atomic E-state index is 0.0447. The van der Waals surface area contributed by atoms with Crippen molar-refractivity contribution in [1.82, 2.24) is 19.9 Å². The molecular weight excluding hydrogens is 387 g/mol. The van der Waals surface area contributed by atoms with Crippen LogP contribution in [0.5, 0.6) is 5.75 Å². The van der Waals surface area contributed by atoms with Crippen LogP contribution < -0.4 is 10.3 Å². The highest BCUT2D eigenvalue weighted by atomic mass is 19.1. The summed E-state index contributed by atoms with van der Waals surface area (Å²) < 4.78 is 18.7. The van der Waals surface area contributed by atoms with Gasteiger partial charge in [-0.2, -0.15) is 0 Å². The Morgan fingerprint density at radius 3 is 2.80 bits per heavy atom. The number of pyridine rings is 1. The number of nitrogens with one attached hydrogen (secondary N) is 1. The number of rotatable bonds is 5. The number of likely N-dealkylation sites (tertiary alicyclic amines) is 1. The van der Waals surface area contributed by atoms with Crippen LogP contribution in [0.15, 0.2) is 59.5 Å². The Morgan fingerprint density at radius 2 is 2.07 bits per heavy atom. The molecule has 3 aromatic rings. The Bertz CT molecular complexity index is 1090. The first-order valence-corrected chi connectivity index (χ1v) is 9.73. The summed E-state index contributed by atoms with van der Waals surface area (Å²) in [5, 5.41) is 0. The molecule has 30 heavy (non-hydrogen) atoms. The number of aromatic nitrogens is 3. The van der Waals surface area contributed by atoms with Gasteiger partial charge in [0.15, 0.2) is 11.9 Å². The molecule has 1 aromatic carbocycles. The fraction of sp³-hybridized carbons (Fsp3) is 0.273. The van der Waals surface area contributed by atoms with Gasteiger partial charge in [-0.3, -0.25) is 14.6 Å². The molecular formula is C22H21FN4O3. The summed E-state index contributed by atoms with van der Waals surface area (Å²) in [6.45, 7) is 2.67. The highest BCUT2D eigenvalue weighted by molar-refractivity contribution is 5.81. The van der Waals surface area contributed by atoms with E-state index < -0.39 is 6.10 Å². The van der Waals surface area contributed by atoms with Crippen LogP contribution in [0.4, 0.5) is 4.39 Å². The molecule has 2 unspecified atom stereocenters. The number of benzene rings is 1. The van der Waals surface area contributed by atoms with Gasteiger partial charge in [0, 0.05) is 31.3 Å². The molecule has 0 bridgehead atoms. The maximum Gasteiger partial charge on any atom is 0.263 e. The highest BCUT2D eigenvalue weighted by Crippen LogP contribution is 2.27. The van der Waals surface area contributed by atoms with Crippen LogP contribution in [-0.2, 0) is 4.79 Å². The Hall–Kier alpha value is -3.55. The molecule has 7 nitrogen and oxygen atoms in total. The van der Waals surface area contributed by atoms with E-state index in [0.29, 0.717) is 42.5 Å². The zero-order valence-corrected chi connectivity index (χ0v) is 16.4. The van der Waals surface area contributed by atoms with E-state index in [0.717, 1.165) is 0 Å². The molecule has 4 rings (SSSR count). The van der Waals surface area contributed by atoms with Gasteiger partial charge in [0.25, 0.3) is 11.5 Å². The molecule has 0 spiro atoms. The van der Waals surface area contributed by atoms with Crippen LogP contribution in [-0.4, -0.2) is 45.0 Å². The second kappa shape index (κ2) is 8.44. The van der Waals surface area contributed by atoms with Crippen molar-refractivity contribution in [3.63, 3.8) is 0 Å². The molecule has 2 aromatic heterocycles. The number of hydrogen-bond acceptors (Lipinski definition) is 5. The lowest BCUT2D eigenvalue weighted by molar-refractivity contribution is -0.136. The van der Waals surface area contributed by atoms with Crippen LogP contribution in [0.2, 0.25) is 0 Å². The van der Waals surface area contributed by atoms with Crippen molar-refractivity contribution in [1.29, 1.82) is 0 Å². The molecule has 0 saturated carbocycles. The van der Waals surface area contributed by atoms with E-state index in [4.69, 9.17) is 4.74 Å². The van der Waals surface area contributed by atoms with E-state index in [1.165, 1.54) is 30.3 Å². The van der Waals surface area contributed by atoms with E-state index in [9.17, 15) is 14.0 Å². The Kier molecular flexibility index (Phi) is 5.56. The van der Waals surface area contributed by atoms with Crippen molar-refractivity contribution in [2.45, 2.75) is 25.4 Å². The molecule has 3 heterocycles. The highest BCUT2D eigenvalue weighted by Gasteiger charge is 2.31. The van der Waals surface area contributed by atoms with Gasteiger partial charge < -0.3 is 14.6 Å². The molecule has 1 aliphatic rings. The molecule has 1 N–H and O–H groups in total. The molecule has 154 valence electrons. The zero-order valence-electron chi connectivity index (χ0n) is 16.4. The summed E-state index contributed by atoms with van der Waals surface area (Å²) in [5.41, 5.74) is 0.976. The maximum absolute atomic E-state index is 13.0. The summed E-state index contributed by atoms with van der Waals surface area (Å²) in [6, 6.07) is 12.4. The topological polar surface area (TPSA) is 88.2 Å². The van der Waals surface area contributed by atoms with E-state index in [2.05, 4.69) is 15.0 Å². The Balaban J connectivity index is 1.45. The lowest BCUT2D eigenvalue weighted by atomic mass is 10.0. The third-order valence-electron chi connectivity index (χ3n) is 5.06. The van der Waals surface area contributed by atoms with Gasteiger partial charge in [-0.15, -0.1) is 0 Å². The summed E-state index contributed by atoms with van der Waals surface area (Å²) in [4.78, 5) is 38.2. The molecule has 0 aliphatic carbocycles. The fourth-order valence-corrected chi connectivity index (χ4v) is 3.54. The zero-order chi connectivity index (χ0) is 21.1. The predicted octanol–water partition coefficient (Wildman–Crippen LogP) is 2.75. The quantitative estimate of drug-likeness (QED) is 0.701. The Morgan fingerprint density at radius 1 is 1.27 bits per heavy atom. The van der Waals surface area contributed by atoms with Crippen LogP contribution in [0.3, 0.4) is 0 Å². The van der Waals surface area contributed by atoms with Gasteiger partial charge in [0.2, 0.25) is 0 Å². The largest absolute Gasteiger partial charge is 0.481 e. The average molecular weight is 408 g/mol. The number of amides is 1. The monoisotopic (exact) mass is 408 g/mol. The van der Waals surface area contributed by atoms with E-state index in [-0.39, 0.29) is 23.2 Å². The van der Waals surface area contributed by atoms with Gasteiger partial charge in [0.05, 0.1) is 5.69 Å². The smallest absolute Gasteiger partial charge is 0.263 e. The van der Waals surface area contributed by atoms with E-state index >= 15 is 0 Å². The molecule has 8 heteroatoms. The second-order valence-corrected chi connectivity index (χ2v) is 7.22. The van der Waals surface area contributed by atoms with Crippen molar-refractivity contribution in [3.05, 3.63) is 76.6 Å². The van der Waals surface area contributed by atoms with E-state index in [1.54, 1.807) is 30.2 Å². The number of halogens is 1. The molecule has 2 atom stereocenters. The van der Waals surface area contributed by atoms with Crippen LogP contribution in [0, 0.1) is 5.82 Å². The van der Waals surface area contributed by atoms with Crippen molar-refractivity contribution in [3.8, 4) is 17.3 Å². The normalized spacial score (nSPS) is 17.0.